The van der Waals surface area contributed by atoms with Gasteiger partial charge >= 0.3 is 5.97 Å². The van der Waals surface area contributed by atoms with E-state index in [1.165, 1.54) is 0 Å². The number of rotatable bonds is 4. The highest BCUT2D eigenvalue weighted by atomic mass is 35.5. The van der Waals surface area contributed by atoms with Crippen LogP contribution in [0.2, 0.25) is 5.02 Å². The van der Waals surface area contributed by atoms with E-state index in [9.17, 15) is 9.90 Å². The van der Waals surface area contributed by atoms with Crippen molar-refractivity contribution in [2.45, 2.75) is 18.9 Å². The fourth-order valence-corrected chi connectivity index (χ4v) is 4.02. The topological polar surface area (TPSA) is 53.4 Å². The fraction of sp³-hybridized carbons (Fsp3) is 0.273. The smallest absolute Gasteiger partial charge is 0.307 e. The summed E-state index contributed by atoms with van der Waals surface area (Å²) in [6.07, 6.45) is 1.60. The summed E-state index contributed by atoms with van der Waals surface area (Å²) in [5.41, 5.74) is 2.95. The van der Waals surface area contributed by atoms with Crippen molar-refractivity contribution in [2.75, 3.05) is 13.1 Å². The summed E-state index contributed by atoms with van der Waals surface area (Å²) in [6, 6.07) is 19.9. The van der Waals surface area contributed by atoms with E-state index in [1.54, 1.807) is 0 Å². The average Bonchev–Trinajstić information content (AvgIpc) is 2.70. The van der Waals surface area contributed by atoms with Gasteiger partial charge in [0.2, 0.25) is 0 Å². The minimum absolute atomic E-state index is 0.0889. The molecule has 0 saturated carbocycles. The number of para-hydroxylation sites is 1. The molecule has 27 heavy (non-hydrogen) atoms. The lowest BCUT2D eigenvalue weighted by Crippen LogP contribution is -2.41. The first kappa shape index (κ1) is 18.0. The summed E-state index contributed by atoms with van der Waals surface area (Å²) in [6.45, 7) is 1.38. The summed E-state index contributed by atoms with van der Waals surface area (Å²) < 4.78 is 0. The van der Waals surface area contributed by atoms with E-state index < -0.39 is 5.97 Å². The molecule has 2 heterocycles. The van der Waals surface area contributed by atoms with Gasteiger partial charge in [0, 0.05) is 17.0 Å². The largest absolute Gasteiger partial charge is 0.481 e. The van der Waals surface area contributed by atoms with Gasteiger partial charge in [0.1, 0.15) is 0 Å². The molecular formula is C22H21ClN2O2. The van der Waals surface area contributed by atoms with Gasteiger partial charge in [-0.1, -0.05) is 48.0 Å². The molecule has 1 aliphatic heterocycles. The number of halogens is 1. The van der Waals surface area contributed by atoms with Crippen molar-refractivity contribution in [3.8, 4) is 0 Å². The van der Waals surface area contributed by atoms with Crippen LogP contribution in [0.1, 0.15) is 30.1 Å². The van der Waals surface area contributed by atoms with Crippen molar-refractivity contribution in [1.82, 2.24) is 9.88 Å². The Balaban J connectivity index is 1.77. The average molecular weight is 381 g/mol. The summed E-state index contributed by atoms with van der Waals surface area (Å²) in [7, 11) is 0. The Bertz CT molecular complexity index is 958. The molecule has 0 spiro atoms. The van der Waals surface area contributed by atoms with E-state index in [0.717, 1.165) is 41.5 Å². The molecule has 1 saturated heterocycles. The van der Waals surface area contributed by atoms with E-state index in [2.05, 4.69) is 11.0 Å². The number of carboxylic acid groups (broad SMARTS) is 1. The first-order valence-electron chi connectivity index (χ1n) is 9.20. The molecule has 0 bridgehead atoms. The normalized spacial score (nSPS) is 19.1. The number of benzene rings is 2. The summed E-state index contributed by atoms with van der Waals surface area (Å²) in [5, 5.41) is 11.3. The van der Waals surface area contributed by atoms with Crippen molar-refractivity contribution in [1.29, 1.82) is 0 Å². The summed E-state index contributed by atoms with van der Waals surface area (Å²) in [5.74, 6) is -1.06. The number of fused-ring (bicyclic) bond motifs is 1. The molecule has 0 amide bonds. The highest BCUT2D eigenvalue weighted by Crippen LogP contribution is 2.33. The number of hydrogen-bond donors (Lipinski definition) is 1. The quantitative estimate of drug-likeness (QED) is 0.708. The molecular weight excluding hydrogens is 360 g/mol. The van der Waals surface area contributed by atoms with Crippen LogP contribution in [0.3, 0.4) is 0 Å². The van der Waals surface area contributed by atoms with E-state index >= 15 is 0 Å². The van der Waals surface area contributed by atoms with E-state index in [-0.39, 0.29) is 12.0 Å². The monoisotopic (exact) mass is 380 g/mol. The van der Waals surface area contributed by atoms with Gasteiger partial charge in [-0.2, -0.15) is 0 Å². The highest BCUT2D eigenvalue weighted by molar-refractivity contribution is 6.30. The number of piperidine rings is 1. The first-order valence-corrected chi connectivity index (χ1v) is 9.57. The molecule has 2 aromatic carbocycles. The van der Waals surface area contributed by atoms with Crippen LogP contribution in [0.4, 0.5) is 0 Å². The van der Waals surface area contributed by atoms with E-state index in [4.69, 9.17) is 16.6 Å². The minimum atomic E-state index is -0.721. The third-order valence-electron chi connectivity index (χ3n) is 5.25. The predicted octanol–water partition coefficient (Wildman–Crippen LogP) is 4.77. The number of hydrogen-bond acceptors (Lipinski definition) is 3. The molecule has 2 unspecified atom stereocenters. The lowest BCUT2D eigenvalue weighted by atomic mass is 9.93. The van der Waals surface area contributed by atoms with Gasteiger partial charge in [-0.15, -0.1) is 0 Å². The van der Waals surface area contributed by atoms with Crippen LogP contribution in [0.25, 0.3) is 10.9 Å². The molecule has 3 aromatic rings. The standard InChI is InChI=1S/C22H21ClN2O2/c23-18-10-7-16(8-11-18)21(25-13-3-5-17(14-25)22(26)27)20-12-9-15-4-1-2-6-19(15)24-20/h1-2,4,6-12,17,21H,3,5,13-14H2,(H,26,27). The zero-order valence-electron chi connectivity index (χ0n) is 14.9. The van der Waals surface area contributed by atoms with Crippen molar-refractivity contribution in [3.05, 3.63) is 76.9 Å². The Morgan fingerprint density at radius 2 is 1.89 bits per heavy atom. The Hall–Kier alpha value is -2.43. The number of nitrogens with zero attached hydrogens (tertiary/aromatic N) is 2. The van der Waals surface area contributed by atoms with Gasteiger partial charge in [0.05, 0.1) is 23.2 Å². The number of aromatic nitrogens is 1. The molecule has 1 aliphatic rings. The molecule has 1 fully saturated rings. The molecule has 0 aliphatic carbocycles. The number of carboxylic acids is 1. The van der Waals surface area contributed by atoms with E-state index in [0.29, 0.717) is 11.6 Å². The molecule has 1 N–H and O–H groups in total. The van der Waals surface area contributed by atoms with Crippen molar-refractivity contribution in [3.63, 3.8) is 0 Å². The van der Waals surface area contributed by atoms with Crippen LogP contribution in [0.15, 0.2) is 60.7 Å². The van der Waals surface area contributed by atoms with Gasteiger partial charge in [0.25, 0.3) is 0 Å². The van der Waals surface area contributed by atoms with Crippen LogP contribution < -0.4 is 0 Å². The van der Waals surface area contributed by atoms with Gasteiger partial charge in [-0.25, -0.2) is 0 Å². The number of aliphatic carboxylic acids is 1. The Kier molecular flexibility index (Phi) is 5.10. The van der Waals surface area contributed by atoms with Crippen LogP contribution in [-0.2, 0) is 4.79 Å². The maximum Gasteiger partial charge on any atom is 0.307 e. The Morgan fingerprint density at radius 1 is 1.11 bits per heavy atom. The van der Waals surface area contributed by atoms with Crippen molar-refractivity contribution >= 4 is 28.5 Å². The van der Waals surface area contributed by atoms with Gasteiger partial charge in [0.15, 0.2) is 0 Å². The van der Waals surface area contributed by atoms with Crippen molar-refractivity contribution < 1.29 is 9.90 Å². The summed E-state index contributed by atoms with van der Waals surface area (Å²) >= 11 is 6.08. The maximum absolute atomic E-state index is 11.6. The SMILES string of the molecule is O=C(O)C1CCCN(C(c2ccc(Cl)cc2)c2ccc3ccccc3n2)C1. The Labute approximate surface area is 163 Å². The van der Waals surface area contributed by atoms with Crippen LogP contribution in [-0.4, -0.2) is 34.0 Å². The molecule has 4 rings (SSSR count). The third kappa shape index (κ3) is 3.82. The second-order valence-electron chi connectivity index (χ2n) is 7.06. The second kappa shape index (κ2) is 7.67. The Morgan fingerprint density at radius 3 is 2.67 bits per heavy atom. The molecule has 0 radical (unpaired) electrons. The lowest BCUT2D eigenvalue weighted by molar-refractivity contribution is -0.143. The molecule has 4 nitrogen and oxygen atoms in total. The number of carbonyl (C=O) groups is 1. The van der Waals surface area contributed by atoms with Crippen molar-refractivity contribution in [2.24, 2.45) is 5.92 Å². The van der Waals surface area contributed by atoms with Crippen LogP contribution in [0.5, 0.6) is 0 Å². The maximum atomic E-state index is 11.6. The van der Waals surface area contributed by atoms with Gasteiger partial charge < -0.3 is 5.11 Å². The minimum Gasteiger partial charge on any atom is -0.481 e. The molecule has 138 valence electrons. The first-order chi connectivity index (χ1) is 13.1. The fourth-order valence-electron chi connectivity index (χ4n) is 3.89. The number of likely N-dealkylation sites (tertiary alicyclic amines) is 1. The third-order valence-corrected chi connectivity index (χ3v) is 5.51. The summed E-state index contributed by atoms with van der Waals surface area (Å²) in [4.78, 5) is 18.7. The van der Waals surface area contributed by atoms with Crippen LogP contribution >= 0.6 is 11.6 Å². The highest BCUT2D eigenvalue weighted by Gasteiger charge is 2.32. The molecule has 5 heteroatoms. The van der Waals surface area contributed by atoms with Gasteiger partial charge in [-0.05, 0) is 49.2 Å². The zero-order valence-corrected chi connectivity index (χ0v) is 15.6. The zero-order chi connectivity index (χ0) is 18.8. The molecule has 2 atom stereocenters. The number of pyridine rings is 1. The lowest BCUT2D eigenvalue weighted by Gasteiger charge is -2.37. The second-order valence-corrected chi connectivity index (χ2v) is 7.49. The van der Waals surface area contributed by atoms with Crippen LogP contribution in [0, 0.1) is 5.92 Å². The predicted molar refractivity (Wildman–Crippen MR) is 107 cm³/mol. The molecule has 1 aromatic heterocycles. The van der Waals surface area contributed by atoms with E-state index in [1.807, 2.05) is 54.6 Å². The van der Waals surface area contributed by atoms with Gasteiger partial charge in [-0.3, -0.25) is 14.7 Å².